The lowest BCUT2D eigenvalue weighted by molar-refractivity contribution is 0.115. The molecule has 2 N–H and O–H groups in total. The molecule has 0 aliphatic carbocycles. The van der Waals surface area contributed by atoms with Gasteiger partial charge in [-0.3, -0.25) is 14.7 Å². The highest BCUT2D eigenvalue weighted by Crippen LogP contribution is 2.28. The number of hydrogen-bond donors (Lipinski definition) is 2. The Labute approximate surface area is 416 Å². The fraction of sp³-hybridized carbons (Fsp3) is 0.388. The van der Waals surface area contributed by atoms with E-state index in [0.717, 1.165) is 44.9 Å². The van der Waals surface area contributed by atoms with Crippen molar-refractivity contribution < 1.29 is 44.8 Å². The van der Waals surface area contributed by atoms with Gasteiger partial charge in [-0.25, -0.2) is 18.4 Å². The van der Waals surface area contributed by atoms with Crippen molar-refractivity contribution in [3.8, 4) is 22.9 Å². The van der Waals surface area contributed by atoms with Crippen molar-refractivity contribution in [3.63, 3.8) is 0 Å². The van der Waals surface area contributed by atoms with Gasteiger partial charge < -0.3 is 29.3 Å². The van der Waals surface area contributed by atoms with Crippen LogP contribution in [-0.4, -0.2) is 125 Å². The molecule has 15 nitrogen and oxygen atoms in total. The summed E-state index contributed by atoms with van der Waals surface area (Å²) in [6.07, 6.45) is -1.54. The molecule has 71 heavy (non-hydrogen) atoms. The Morgan fingerprint density at radius 1 is 0.606 bits per heavy atom. The van der Waals surface area contributed by atoms with Crippen LogP contribution in [0.2, 0.25) is 0 Å². The van der Waals surface area contributed by atoms with Crippen LogP contribution in [-0.2, 0) is 13.1 Å². The molecule has 2 aliphatic rings. The normalized spacial score (nSPS) is 14.3. The number of rotatable bonds is 15. The number of piperidine rings is 1. The number of halogens is 7. The molecule has 2 saturated heterocycles. The molecule has 2 fully saturated rings. The number of nitrogens with one attached hydrogen (secondary N) is 2. The second kappa shape index (κ2) is 27.3. The first-order valence-corrected chi connectivity index (χ1v) is 24.1. The van der Waals surface area contributed by atoms with Gasteiger partial charge in [-0.2, -0.15) is 17.6 Å². The minimum absolute atomic E-state index is 0.0252. The molecule has 4 amide bonds. The van der Waals surface area contributed by atoms with Crippen LogP contribution < -0.4 is 20.4 Å². The Kier molecular flexibility index (Phi) is 20.8. The summed E-state index contributed by atoms with van der Waals surface area (Å²) in [6.45, 7) is 8.08. The van der Waals surface area contributed by atoms with Gasteiger partial charge >= 0.3 is 24.9 Å². The Morgan fingerprint density at radius 3 is 1.42 bits per heavy atom. The number of alkyl halides is 5. The maximum Gasteiger partial charge on any atom is 0.322 e. The lowest BCUT2D eigenvalue weighted by Crippen LogP contribution is -2.48. The van der Waals surface area contributed by atoms with Gasteiger partial charge in [0.2, 0.25) is 11.8 Å². The van der Waals surface area contributed by atoms with Crippen LogP contribution in [0, 0.1) is 11.6 Å². The summed E-state index contributed by atoms with van der Waals surface area (Å²) in [5.41, 5.74) is 2.04. The van der Waals surface area contributed by atoms with E-state index >= 15 is 0 Å². The number of benzene rings is 4. The van der Waals surface area contributed by atoms with E-state index in [2.05, 4.69) is 75.8 Å². The summed E-state index contributed by atoms with van der Waals surface area (Å²) < 4.78 is 90.0. The average Bonchev–Trinajstić information content (AvgIpc) is 4.09. The predicted octanol–water partition coefficient (Wildman–Crippen LogP) is 9.80. The van der Waals surface area contributed by atoms with Gasteiger partial charge in [0.15, 0.2) is 0 Å². The number of nitrogens with zero attached hydrogens (tertiary/aromatic N) is 9. The quantitative estimate of drug-likeness (QED) is 0.0747. The van der Waals surface area contributed by atoms with Crippen LogP contribution in [0.3, 0.4) is 0 Å². The molecule has 0 saturated carbocycles. The van der Waals surface area contributed by atoms with Gasteiger partial charge in [0, 0.05) is 84.8 Å². The third-order valence-electron chi connectivity index (χ3n) is 11.4. The summed E-state index contributed by atoms with van der Waals surface area (Å²) in [4.78, 5) is 35.4. The zero-order chi connectivity index (χ0) is 50.7. The van der Waals surface area contributed by atoms with Gasteiger partial charge in [-0.1, -0.05) is 70.9 Å². The fourth-order valence-electron chi connectivity index (χ4n) is 7.40. The zero-order valence-electron chi connectivity index (χ0n) is 39.3. The van der Waals surface area contributed by atoms with E-state index in [-0.39, 0.29) is 59.2 Å². The minimum atomic E-state index is -2.91. The first kappa shape index (κ1) is 54.0. The third-order valence-corrected chi connectivity index (χ3v) is 11.8. The minimum Gasteiger partial charge on any atom is -0.415 e. The third kappa shape index (κ3) is 16.3. The molecule has 8 rings (SSSR count). The first-order chi connectivity index (χ1) is 34.3. The molecule has 2 aromatic heterocycles. The van der Waals surface area contributed by atoms with Crippen molar-refractivity contribution in [2.75, 3.05) is 88.1 Å². The van der Waals surface area contributed by atoms with E-state index in [4.69, 9.17) is 8.83 Å². The highest BCUT2D eigenvalue weighted by Gasteiger charge is 2.23. The maximum atomic E-state index is 15.0. The zero-order valence-corrected chi connectivity index (χ0v) is 40.9. The number of hydrogen-bond acceptors (Lipinski definition) is 11. The van der Waals surface area contributed by atoms with Crippen molar-refractivity contribution in [1.29, 1.82) is 0 Å². The van der Waals surface area contributed by atoms with Gasteiger partial charge in [-0.05, 0) is 88.6 Å². The second-order valence-electron chi connectivity index (χ2n) is 16.6. The standard InChI is InChI=1S/C24H27F3N6O2.C19H16BrF3N4O2.C6H13N/c1-31-11-13-32(14-12-31)10-9-28-24(34)33(19-5-3-2-4-6-19)16-18-8-7-17(15-20(18)25)22-29-30-23(35-22)21(26)27;20-8-9-24-19(28)27(14-4-2-1-3-5-14)11-13-7-6-12(10-15(13)21)17-25-26-18(29-17)16(22)23;1-7-5-3-2-4-6-7/h2-8,15,21H,9-14,16H2,1H3,(H,28,34);1-7,10,16H,8-9,11H2,(H,24,28);2-6H2,1H3. The number of amides is 4. The average molecular weight is 1060 g/mol. The molecular weight excluding hydrogens is 1000 g/mol. The molecule has 4 heterocycles. The summed E-state index contributed by atoms with van der Waals surface area (Å²) in [6, 6.07) is 25.2. The number of carbonyl (C=O) groups is 2. The summed E-state index contributed by atoms with van der Waals surface area (Å²) in [7, 11) is 4.28. The number of urea groups is 2. The SMILES string of the molecule is CN1CCCCC1.CN1CCN(CCNC(=O)N(Cc2ccc(-c3nnc(C(F)F)o3)cc2F)c2ccccc2)CC1.O=C(NCCBr)N(Cc1ccc(-c2nnc(C(F)F)o2)cc1F)c1ccccc1. The van der Waals surface area contributed by atoms with Crippen LogP contribution in [0.5, 0.6) is 0 Å². The topological polar surface area (TPSA) is 152 Å². The summed E-state index contributed by atoms with van der Waals surface area (Å²) >= 11 is 3.24. The highest BCUT2D eigenvalue weighted by atomic mass is 79.9. The van der Waals surface area contributed by atoms with E-state index in [9.17, 15) is 35.9 Å². The van der Waals surface area contributed by atoms with Crippen LogP contribution in [0.1, 0.15) is 55.0 Å². The summed E-state index contributed by atoms with van der Waals surface area (Å²) in [5.74, 6) is -3.32. The molecule has 0 bridgehead atoms. The highest BCUT2D eigenvalue weighted by molar-refractivity contribution is 9.09. The molecule has 6 aromatic rings. The molecule has 0 spiro atoms. The molecule has 2 aliphatic heterocycles. The van der Waals surface area contributed by atoms with Crippen molar-refractivity contribution in [1.82, 2.24) is 45.7 Å². The number of anilines is 2. The van der Waals surface area contributed by atoms with E-state index in [0.29, 0.717) is 29.8 Å². The van der Waals surface area contributed by atoms with Crippen molar-refractivity contribution in [3.05, 3.63) is 132 Å². The number of likely N-dealkylation sites (tertiary alicyclic amines) is 1. The molecular formula is C49H56BrF6N11O4. The van der Waals surface area contributed by atoms with E-state index in [1.807, 2.05) is 12.1 Å². The molecule has 4 aromatic carbocycles. The number of para-hydroxylation sites is 2. The Hall–Kier alpha value is -6.36. The number of piperazine rings is 1. The van der Waals surface area contributed by atoms with Crippen LogP contribution in [0.25, 0.3) is 22.9 Å². The molecule has 0 radical (unpaired) electrons. The van der Waals surface area contributed by atoms with Crippen LogP contribution >= 0.6 is 15.9 Å². The fourth-order valence-corrected chi connectivity index (χ4v) is 7.60. The van der Waals surface area contributed by atoms with Gasteiger partial charge in [0.1, 0.15) is 11.6 Å². The van der Waals surface area contributed by atoms with Crippen LogP contribution in [0.15, 0.2) is 106 Å². The van der Waals surface area contributed by atoms with Crippen molar-refractivity contribution >= 4 is 39.4 Å². The Bertz CT molecular complexity index is 2570. The smallest absolute Gasteiger partial charge is 0.322 e. The largest absolute Gasteiger partial charge is 0.415 e. The second-order valence-corrected chi connectivity index (χ2v) is 17.4. The van der Waals surface area contributed by atoms with E-state index < -0.39 is 36.3 Å². The summed E-state index contributed by atoms with van der Waals surface area (Å²) in [5, 5.41) is 19.8. The van der Waals surface area contributed by atoms with Gasteiger partial charge in [0.25, 0.3) is 11.8 Å². The molecule has 0 unspecified atom stereocenters. The lowest BCUT2D eigenvalue weighted by Gasteiger charge is -2.32. The predicted molar refractivity (Wildman–Crippen MR) is 260 cm³/mol. The van der Waals surface area contributed by atoms with Gasteiger partial charge in [0.05, 0.1) is 13.1 Å². The van der Waals surface area contributed by atoms with Crippen LogP contribution in [0.4, 0.5) is 47.3 Å². The van der Waals surface area contributed by atoms with Crippen molar-refractivity contribution in [2.45, 2.75) is 45.2 Å². The van der Waals surface area contributed by atoms with Gasteiger partial charge in [-0.15, -0.1) is 20.4 Å². The molecule has 380 valence electrons. The number of likely N-dealkylation sites (N-methyl/N-ethyl adjacent to an activating group) is 1. The number of aromatic nitrogens is 4. The lowest BCUT2D eigenvalue weighted by atomic mass is 10.1. The Morgan fingerprint density at radius 2 is 1.04 bits per heavy atom. The monoisotopic (exact) mass is 1060 g/mol. The first-order valence-electron chi connectivity index (χ1n) is 23.0. The Balaban J connectivity index is 0.000000207. The molecule has 22 heteroatoms. The number of carbonyl (C=O) groups excluding carboxylic acids is 2. The van der Waals surface area contributed by atoms with Crippen molar-refractivity contribution in [2.24, 2.45) is 0 Å². The van der Waals surface area contributed by atoms with E-state index in [1.165, 1.54) is 66.4 Å². The molecule has 0 atom stereocenters. The maximum absolute atomic E-state index is 15.0. The van der Waals surface area contributed by atoms with E-state index in [1.54, 1.807) is 48.5 Å².